The third-order valence-corrected chi connectivity index (χ3v) is 2.56. The van der Waals surface area contributed by atoms with Crippen molar-refractivity contribution in [1.82, 2.24) is 0 Å². The fraction of sp³-hybridized carbons (Fsp3) is 0.750. The van der Waals surface area contributed by atoms with Gasteiger partial charge in [0.2, 0.25) is 0 Å². The molecule has 2 aliphatic rings. The Kier molecular flexibility index (Phi) is 1.56. The van der Waals surface area contributed by atoms with Crippen LogP contribution in [-0.4, -0.2) is 17.5 Å². The van der Waals surface area contributed by atoms with Crippen LogP contribution in [0.15, 0.2) is 4.99 Å². The van der Waals surface area contributed by atoms with Crippen LogP contribution in [0.1, 0.15) is 32.1 Å². The van der Waals surface area contributed by atoms with Crippen molar-refractivity contribution in [1.29, 1.82) is 0 Å². The summed E-state index contributed by atoms with van der Waals surface area (Å²) < 4.78 is 5.28. The first-order chi connectivity index (χ1) is 5.73. The van der Waals surface area contributed by atoms with E-state index in [0.717, 1.165) is 25.7 Å². The van der Waals surface area contributed by atoms with Gasteiger partial charge in [-0.3, -0.25) is 4.79 Å². The van der Waals surface area contributed by atoms with Gasteiger partial charge in [0.15, 0.2) is 5.60 Å². The molecule has 12 heavy (non-hydrogen) atoms. The molecule has 1 spiro atoms. The maximum Gasteiger partial charge on any atom is 0.294 e. The lowest BCUT2D eigenvalue weighted by Crippen LogP contribution is -2.40. The summed E-state index contributed by atoms with van der Waals surface area (Å²) in [7, 11) is 0. The Hall–Kier alpha value is -1.06. The minimum Gasteiger partial charge on any atom is -0.448 e. The van der Waals surface area contributed by atoms with E-state index < -0.39 is 5.60 Å². The second kappa shape index (κ2) is 2.47. The standard InChI is InChI=1S/C8H12N2O2/c9-7-10-6(11)8(12-7)4-2-1-3-5-8/h1-5H2,(H2,9,10,11). The van der Waals surface area contributed by atoms with Gasteiger partial charge in [-0.25, -0.2) is 0 Å². The smallest absolute Gasteiger partial charge is 0.294 e. The minimum atomic E-state index is -0.664. The largest absolute Gasteiger partial charge is 0.448 e. The average molecular weight is 168 g/mol. The highest BCUT2D eigenvalue weighted by molar-refractivity contribution is 6.00. The predicted octanol–water partition coefficient (Wildman–Crippen LogP) is 0.561. The van der Waals surface area contributed by atoms with Gasteiger partial charge < -0.3 is 10.5 Å². The molecular weight excluding hydrogens is 156 g/mol. The fourth-order valence-electron chi connectivity index (χ4n) is 1.91. The Labute approximate surface area is 70.8 Å². The molecule has 4 nitrogen and oxygen atoms in total. The molecule has 1 aliphatic carbocycles. The van der Waals surface area contributed by atoms with Crippen molar-refractivity contribution in [3.8, 4) is 0 Å². The van der Waals surface area contributed by atoms with Crippen LogP contribution in [-0.2, 0) is 9.53 Å². The van der Waals surface area contributed by atoms with E-state index in [1.807, 2.05) is 0 Å². The van der Waals surface area contributed by atoms with Crippen molar-refractivity contribution in [3.63, 3.8) is 0 Å². The van der Waals surface area contributed by atoms with Crippen molar-refractivity contribution in [3.05, 3.63) is 0 Å². The average Bonchev–Trinajstić information content (AvgIpc) is 2.29. The number of hydrogen-bond donors (Lipinski definition) is 1. The molecule has 1 heterocycles. The van der Waals surface area contributed by atoms with Crippen molar-refractivity contribution in [2.24, 2.45) is 10.7 Å². The lowest BCUT2D eigenvalue weighted by molar-refractivity contribution is -0.133. The van der Waals surface area contributed by atoms with Crippen LogP contribution in [0.4, 0.5) is 0 Å². The van der Waals surface area contributed by atoms with E-state index >= 15 is 0 Å². The normalized spacial score (nSPS) is 27.0. The summed E-state index contributed by atoms with van der Waals surface area (Å²) in [6, 6.07) is 0.0434. The van der Waals surface area contributed by atoms with E-state index in [1.165, 1.54) is 6.42 Å². The van der Waals surface area contributed by atoms with E-state index in [4.69, 9.17) is 10.5 Å². The first-order valence-corrected chi connectivity index (χ1v) is 4.31. The number of aliphatic imine (C=N–C) groups is 1. The van der Waals surface area contributed by atoms with Gasteiger partial charge in [0.05, 0.1) is 0 Å². The number of rotatable bonds is 0. The fourth-order valence-corrected chi connectivity index (χ4v) is 1.91. The predicted molar refractivity (Wildman–Crippen MR) is 43.5 cm³/mol. The molecule has 0 aromatic rings. The highest BCUT2D eigenvalue weighted by atomic mass is 16.5. The summed E-state index contributed by atoms with van der Waals surface area (Å²) in [5, 5.41) is 0. The molecule has 1 amide bonds. The Morgan fingerprint density at radius 2 is 2.00 bits per heavy atom. The number of amidine groups is 1. The molecule has 1 saturated carbocycles. The monoisotopic (exact) mass is 168 g/mol. The van der Waals surface area contributed by atoms with Gasteiger partial charge in [-0.15, -0.1) is 0 Å². The Morgan fingerprint density at radius 3 is 2.50 bits per heavy atom. The van der Waals surface area contributed by atoms with Crippen LogP contribution >= 0.6 is 0 Å². The van der Waals surface area contributed by atoms with E-state index in [2.05, 4.69) is 4.99 Å². The lowest BCUT2D eigenvalue weighted by atomic mass is 9.84. The van der Waals surface area contributed by atoms with Crippen molar-refractivity contribution in [2.45, 2.75) is 37.7 Å². The van der Waals surface area contributed by atoms with E-state index in [0.29, 0.717) is 0 Å². The first-order valence-electron chi connectivity index (χ1n) is 4.31. The second-order valence-electron chi connectivity index (χ2n) is 3.41. The van der Waals surface area contributed by atoms with Gasteiger partial charge in [0.1, 0.15) is 0 Å². The Morgan fingerprint density at radius 1 is 1.33 bits per heavy atom. The van der Waals surface area contributed by atoms with Gasteiger partial charge in [-0.05, 0) is 25.7 Å². The molecule has 0 bridgehead atoms. The maximum atomic E-state index is 11.4. The molecule has 4 heteroatoms. The zero-order valence-electron chi connectivity index (χ0n) is 6.88. The van der Waals surface area contributed by atoms with Gasteiger partial charge in [0.25, 0.3) is 11.9 Å². The van der Waals surface area contributed by atoms with Crippen LogP contribution in [0.2, 0.25) is 0 Å². The summed E-state index contributed by atoms with van der Waals surface area (Å²) in [6.45, 7) is 0. The van der Waals surface area contributed by atoms with Crippen molar-refractivity contribution in [2.75, 3.05) is 0 Å². The molecule has 0 saturated heterocycles. The molecule has 2 rings (SSSR count). The number of nitrogens with zero attached hydrogens (tertiary/aromatic N) is 1. The van der Waals surface area contributed by atoms with Crippen molar-refractivity contribution < 1.29 is 9.53 Å². The topological polar surface area (TPSA) is 64.7 Å². The van der Waals surface area contributed by atoms with Crippen LogP contribution in [0.25, 0.3) is 0 Å². The summed E-state index contributed by atoms with van der Waals surface area (Å²) >= 11 is 0. The minimum absolute atomic E-state index is 0.0434. The lowest BCUT2D eigenvalue weighted by Gasteiger charge is -2.29. The number of carbonyl (C=O) groups excluding carboxylic acids is 1. The number of amides is 1. The zero-order valence-corrected chi connectivity index (χ0v) is 6.88. The molecule has 66 valence electrons. The van der Waals surface area contributed by atoms with E-state index in [1.54, 1.807) is 0 Å². The molecule has 2 N–H and O–H groups in total. The molecule has 0 aromatic carbocycles. The summed E-state index contributed by atoms with van der Waals surface area (Å²) in [5.74, 6) is -0.181. The van der Waals surface area contributed by atoms with E-state index in [9.17, 15) is 4.79 Å². The highest BCUT2D eigenvalue weighted by Crippen LogP contribution is 2.35. The summed E-state index contributed by atoms with van der Waals surface area (Å²) in [4.78, 5) is 15.0. The number of carbonyl (C=O) groups is 1. The molecule has 0 radical (unpaired) electrons. The number of nitrogens with two attached hydrogens (primary N) is 1. The van der Waals surface area contributed by atoms with E-state index in [-0.39, 0.29) is 11.9 Å². The molecular formula is C8H12N2O2. The number of hydrogen-bond acceptors (Lipinski definition) is 3. The third kappa shape index (κ3) is 0.983. The SMILES string of the molecule is NC1=NC(=O)C2(CCCCC2)O1. The molecule has 1 aliphatic heterocycles. The van der Waals surface area contributed by atoms with Gasteiger partial charge in [-0.1, -0.05) is 6.42 Å². The molecule has 0 aromatic heterocycles. The third-order valence-electron chi connectivity index (χ3n) is 2.56. The van der Waals surface area contributed by atoms with Crippen molar-refractivity contribution >= 4 is 11.9 Å². The van der Waals surface area contributed by atoms with Crippen LogP contribution < -0.4 is 5.73 Å². The number of ether oxygens (including phenoxy) is 1. The maximum absolute atomic E-state index is 11.4. The van der Waals surface area contributed by atoms with Gasteiger partial charge >= 0.3 is 0 Å². The van der Waals surface area contributed by atoms with Crippen LogP contribution in [0, 0.1) is 0 Å². The van der Waals surface area contributed by atoms with Crippen LogP contribution in [0.3, 0.4) is 0 Å². The first kappa shape index (κ1) is 7.58. The Bertz CT molecular complexity index is 241. The Balaban J connectivity index is 2.17. The molecule has 0 unspecified atom stereocenters. The summed E-state index contributed by atoms with van der Waals surface area (Å²) in [6.07, 6.45) is 4.80. The molecule has 0 atom stereocenters. The molecule has 1 fully saturated rings. The van der Waals surface area contributed by atoms with Crippen LogP contribution in [0.5, 0.6) is 0 Å². The highest BCUT2D eigenvalue weighted by Gasteiger charge is 2.46. The second-order valence-corrected chi connectivity index (χ2v) is 3.41. The quantitative estimate of drug-likeness (QED) is 0.574. The zero-order chi connectivity index (χ0) is 8.60. The van der Waals surface area contributed by atoms with Gasteiger partial charge in [-0.2, -0.15) is 4.99 Å². The summed E-state index contributed by atoms with van der Waals surface area (Å²) in [5.41, 5.74) is 4.67. The van der Waals surface area contributed by atoms with Gasteiger partial charge in [0, 0.05) is 0 Å².